The summed E-state index contributed by atoms with van der Waals surface area (Å²) in [6.07, 6.45) is 1.83. The lowest BCUT2D eigenvalue weighted by molar-refractivity contribution is 0.152. The van der Waals surface area contributed by atoms with Crippen molar-refractivity contribution in [2.24, 2.45) is 5.10 Å². The van der Waals surface area contributed by atoms with Gasteiger partial charge in [0.15, 0.2) is 11.5 Å². The molecule has 0 aliphatic carbocycles. The third-order valence-corrected chi connectivity index (χ3v) is 2.29. The van der Waals surface area contributed by atoms with Gasteiger partial charge < -0.3 is 14.2 Å². The number of carbonyl (C=O) groups excluding carboxylic acids is 1. The van der Waals surface area contributed by atoms with Crippen molar-refractivity contribution >= 4 is 12.3 Å². The molecule has 0 radical (unpaired) electrons. The van der Waals surface area contributed by atoms with Crippen LogP contribution in [0.3, 0.4) is 0 Å². The van der Waals surface area contributed by atoms with E-state index in [4.69, 9.17) is 9.47 Å². The Morgan fingerprint density at radius 2 is 2.15 bits per heavy atom. The number of carbonyl (C=O) groups is 1. The number of hydrogen-bond acceptors (Lipinski definition) is 5. The first-order valence-electron chi connectivity index (χ1n) is 6.47. The van der Waals surface area contributed by atoms with Crippen LogP contribution >= 0.6 is 0 Å². The zero-order valence-corrected chi connectivity index (χ0v) is 12.0. The van der Waals surface area contributed by atoms with Crippen molar-refractivity contribution in [3.63, 3.8) is 0 Å². The van der Waals surface area contributed by atoms with Gasteiger partial charge in [0.1, 0.15) is 0 Å². The highest BCUT2D eigenvalue weighted by atomic mass is 16.5. The van der Waals surface area contributed by atoms with E-state index in [1.165, 1.54) is 6.21 Å². The normalized spacial score (nSPS) is 10.3. The monoisotopic (exact) mass is 280 g/mol. The molecule has 1 N–H and O–H groups in total. The van der Waals surface area contributed by atoms with Gasteiger partial charge in [-0.05, 0) is 37.1 Å². The Kier molecular flexibility index (Phi) is 6.95. The number of nitrogens with zero attached hydrogens (tertiary/aromatic N) is 1. The molecule has 0 atom stereocenters. The van der Waals surface area contributed by atoms with Crippen molar-refractivity contribution in [3.8, 4) is 11.5 Å². The number of rotatable bonds is 7. The predicted molar refractivity (Wildman–Crippen MR) is 76.5 cm³/mol. The molecule has 1 amide bonds. The fourth-order valence-corrected chi connectivity index (χ4v) is 1.42. The van der Waals surface area contributed by atoms with Crippen LogP contribution in [0.25, 0.3) is 0 Å². The van der Waals surface area contributed by atoms with Gasteiger partial charge in [-0.15, -0.1) is 0 Å². The fraction of sp³-hybridized carbons (Fsp3) is 0.429. The van der Waals surface area contributed by atoms with E-state index in [9.17, 15) is 4.79 Å². The van der Waals surface area contributed by atoms with E-state index in [-0.39, 0.29) is 0 Å². The first kappa shape index (κ1) is 15.8. The summed E-state index contributed by atoms with van der Waals surface area (Å²) in [5, 5.41) is 3.79. The second-order valence-electron chi connectivity index (χ2n) is 3.85. The SMILES string of the molecule is CCCOc1cc(/C=N\NC(=O)OCC)ccc1OC. The van der Waals surface area contributed by atoms with Gasteiger partial charge in [-0.2, -0.15) is 5.10 Å². The van der Waals surface area contributed by atoms with Crippen molar-refractivity contribution < 1.29 is 19.0 Å². The number of methoxy groups -OCH3 is 1. The topological polar surface area (TPSA) is 69.2 Å². The average molecular weight is 280 g/mol. The van der Waals surface area contributed by atoms with Gasteiger partial charge in [0.25, 0.3) is 0 Å². The number of nitrogens with one attached hydrogen (secondary N) is 1. The molecule has 0 saturated heterocycles. The van der Waals surface area contributed by atoms with E-state index in [0.717, 1.165) is 12.0 Å². The van der Waals surface area contributed by atoms with Crippen LogP contribution in [0.15, 0.2) is 23.3 Å². The Labute approximate surface area is 118 Å². The highest BCUT2D eigenvalue weighted by Gasteiger charge is 2.04. The minimum Gasteiger partial charge on any atom is -0.493 e. The van der Waals surface area contributed by atoms with E-state index >= 15 is 0 Å². The maximum atomic E-state index is 11.1. The van der Waals surface area contributed by atoms with Crippen LogP contribution in [0.2, 0.25) is 0 Å². The van der Waals surface area contributed by atoms with Gasteiger partial charge >= 0.3 is 6.09 Å². The standard InChI is InChI=1S/C14H20N2O4/c1-4-8-20-13-9-11(6-7-12(13)18-3)10-15-16-14(17)19-5-2/h6-7,9-10H,4-5,8H2,1-3H3,(H,16,17)/b15-10-. The molecule has 0 unspecified atom stereocenters. The van der Waals surface area contributed by atoms with E-state index in [1.807, 2.05) is 13.0 Å². The molecule has 6 nitrogen and oxygen atoms in total. The Hall–Kier alpha value is -2.24. The van der Waals surface area contributed by atoms with Crippen LogP contribution < -0.4 is 14.9 Å². The maximum Gasteiger partial charge on any atom is 0.427 e. The molecule has 0 saturated carbocycles. The first-order valence-corrected chi connectivity index (χ1v) is 6.47. The van der Waals surface area contributed by atoms with Crippen molar-refractivity contribution in [1.82, 2.24) is 5.43 Å². The van der Waals surface area contributed by atoms with Crippen molar-refractivity contribution in [3.05, 3.63) is 23.8 Å². The molecule has 0 aliphatic heterocycles. The molecular weight excluding hydrogens is 260 g/mol. The molecule has 1 rings (SSSR count). The third-order valence-electron chi connectivity index (χ3n) is 2.29. The van der Waals surface area contributed by atoms with Crippen molar-refractivity contribution in [2.45, 2.75) is 20.3 Å². The van der Waals surface area contributed by atoms with Gasteiger partial charge in [-0.1, -0.05) is 6.92 Å². The molecule has 0 bridgehead atoms. The molecule has 0 fully saturated rings. The average Bonchev–Trinajstić information content (AvgIpc) is 2.45. The Balaban J connectivity index is 2.70. The molecule has 0 heterocycles. The van der Waals surface area contributed by atoms with E-state index in [1.54, 1.807) is 26.2 Å². The summed E-state index contributed by atoms with van der Waals surface area (Å²) in [6.45, 7) is 4.67. The summed E-state index contributed by atoms with van der Waals surface area (Å²) in [5.41, 5.74) is 3.05. The minimum absolute atomic E-state index is 0.304. The summed E-state index contributed by atoms with van der Waals surface area (Å²) in [6, 6.07) is 5.40. The molecule has 1 aromatic rings. The number of hydrazone groups is 1. The fourth-order valence-electron chi connectivity index (χ4n) is 1.42. The minimum atomic E-state index is -0.584. The summed E-state index contributed by atoms with van der Waals surface area (Å²) >= 11 is 0. The third kappa shape index (κ3) is 5.17. The van der Waals surface area contributed by atoms with Gasteiger partial charge in [0.05, 0.1) is 26.5 Å². The number of amides is 1. The highest BCUT2D eigenvalue weighted by Crippen LogP contribution is 2.27. The quantitative estimate of drug-likeness (QED) is 0.615. The Bertz CT molecular complexity index is 460. The van der Waals surface area contributed by atoms with Gasteiger partial charge in [-0.25, -0.2) is 10.2 Å². The Morgan fingerprint density at radius 3 is 2.80 bits per heavy atom. The van der Waals surface area contributed by atoms with Crippen molar-refractivity contribution in [1.29, 1.82) is 0 Å². The Morgan fingerprint density at radius 1 is 1.35 bits per heavy atom. The molecular formula is C14H20N2O4. The second-order valence-corrected chi connectivity index (χ2v) is 3.85. The summed E-state index contributed by atoms with van der Waals surface area (Å²) in [7, 11) is 1.59. The molecule has 0 aliphatic rings. The number of benzene rings is 1. The van der Waals surface area contributed by atoms with Gasteiger partial charge in [0.2, 0.25) is 0 Å². The molecule has 0 spiro atoms. The lowest BCUT2D eigenvalue weighted by Crippen LogP contribution is -2.18. The maximum absolute atomic E-state index is 11.1. The van der Waals surface area contributed by atoms with Crippen LogP contribution in [0, 0.1) is 0 Å². The van der Waals surface area contributed by atoms with Gasteiger partial charge in [0, 0.05) is 0 Å². The van der Waals surface area contributed by atoms with E-state index in [0.29, 0.717) is 24.7 Å². The van der Waals surface area contributed by atoms with E-state index in [2.05, 4.69) is 15.3 Å². The summed E-state index contributed by atoms with van der Waals surface area (Å²) in [4.78, 5) is 11.1. The zero-order valence-electron chi connectivity index (χ0n) is 12.0. The summed E-state index contributed by atoms with van der Waals surface area (Å²) < 4.78 is 15.5. The lowest BCUT2D eigenvalue weighted by Gasteiger charge is -2.10. The molecule has 6 heteroatoms. The van der Waals surface area contributed by atoms with Crippen LogP contribution in [0.5, 0.6) is 11.5 Å². The van der Waals surface area contributed by atoms with Crippen LogP contribution in [0.1, 0.15) is 25.8 Å². The molecule has 20 heavy (non-hydrogen) atoms. The zero-order chi connectivity index (χ0) is 14.8. The largest absolute Gasteiger partial charge is 0.493 e. The second kappa shape index (κ2) is 8.79. The van der Waals surface area contributed by atoms with Crippen LogP contribution in [0.4, 0.5) is 4.79 Å². The smallest absolute Gasteiger partial charge is 0.427 e. The number of hydrogen-bond donors (Lipinski definition) is 1. The highest BCUT2D eigenvalue weighted by molar-refractivity contribution is 5.82. The summed E-state index contributed by atoms with van der Waals surface area (Å²) in [5.74, 6) is 1.31. The molecule has 1 aromatic carbocycles. The van der Waals surface area contributed by atoms with Crippen LogP contribution in [-0.4, -0.2) is 32.6 Å². The van der Waals surface area contributed by atoms with E-state index < -0.39 is 6.09 Å². The lowest BCUT2D eigenvalue weighted by atomic mass is 10.2. The number of ether oxygens (including phenoxy) is 3. The molecule has 0 aromatic heterocycles. The van der Waals surface area contributed by atoms with Gasteiger partial charge in [-0.3, -0.25) is 0 Å². The van der Waals surface area contributed by atoms with Crippen LogP contribution in [-0.2, 0) is 4.74 Å². The molecule has 110 valence electrons. The first-order chi connectivity index (χ1) is 9.71. The predicted octanol–water partition coefficient (Wildman–Crippen LogP) is 2.56. The van der Waals surface area contributed by atoms with Crippen molar-refractivity contribution in [2.75, 3.05) is 20.3 Å².